The van der Waals surface area contributed by atoms with Crippen molar-refractivity contribution in [2.24, 2.45) is 5.92 Å². The highest BCUT2D eigenvalue weighted by Gasteiger charge is 1.98. The van der Waals surface area contributed by atoms with Gasteiger partial charge < -0.3 is 5.32 Å². The van der Waals surface area contributed by atoms with Crippen LogP contribution in [0.3, 0.4) is 0 Å². The molecule has 0 aliphatic heterocycles. The zero-order valence-corrected chi connectivity index (χ0v) is 6.44. The Morgan fingerprint density at radius 3 is 2.56 bits per heavy atom. The van der Waals surface area contributed by atoms with Crippen molar-refractivity contribution in [1.82, 2.24) is 5.32 Å². The number of nitrogens with one attached hydrogen (secondary N) is 1. The minimum atomic E-state index is -0.451. The van der Waals surface area contributed by atoms with Crippen molar-refractivity contribution in [3.63, 3.8) is 0 Å². The van der Waals surface area contributed by atoms with Gasteiger partial charge in [-0.25, -0.2) is 0 Å². The summed E-state index contributed by atoms with van der Waals surface area (Å²) in [7, 11) is -0.451. The second-order valence-electron chi connectivity index (χ2n) is 2.17. The number of hydrogen-bond donors (Lipinski definition) is 1. The third kappa shape index (κ3) is 5.44. The molecule has 0 fully saturated rings. The standard InChI is InChI=1S/C5H10NO2P/c1-4(2)3-6-5(7)9-8/h4H,3H2,1-2H3,(H,6,7). The first-order chi connectivity index (χ1) is 4.16. The molecule has 9 heavy (non-hydrogen) atoms. The summed E-state index contributed by atoms with van der Waals surface area (Å²) in [6, 6.07) is 0. The van der Waals surface area contributed by atoms with Gasteiger partial charge in [-0.05, 0) is 5.92 Å². The van der Waals surface area contributed by atoms with Gasteiger partial charge in [-0.2, -0.15) is 0 Å². The first-order valence-electron chi connectivity index (χ1n) is 2.78. The SMILES string of the molecule is CC(C)CNC(=O)P=O. The van der Waals surface area contributed by atoms with Gasteiger partial charge in [0.1, 0.15) is 0 Å². The monoisotopic (exact) mass is 147 g/mol. The minimum Gasteiger partial charge on any atom is -0.346 e. The van der Waals surface area contributed by atoms with Crippen molar-refractivity contribution in [3.05, 3.63) is 0 Å². The van der Waals surface area contributed by atoms with Gasteiger partial charge in [-0.3, -0.25) is 9.36 Å². The van der Waals surface area contributed by atoms with E-state index in [0.29, 0.717) is 12.5 Å². The molecule has 0 bridgehead atoms. The fraction of sp³-hybridized carbons (Fsp3) is 0.800. The minimum absolute atomic E-state index is 0.413. The van der Waals surface area contributed by atoms with Crippen molar-refractivity contribution in [2.45, 2.75) is 13.8 Å². The van der Waals surface area contributed by atoms with Gasteiger partial charge in [0.15, 0.2) is 0 Å². The molecule has 52 valence electrons. The van der Waals surface area contributed by atoms with E-state index in [4.69, 9.17) is 0 Å². The molecule has 0 spiro atoms. The second kappa shape index (κ2) is 4.45. The maximum absolute atomic E-state index is 10.3. The molecule has 1 amide bonds. The lowest BCUT2D eigenvalue weighted by atomic mass is 10.2. The highest BCUT2D eigenvalue weighted by Crippen LogP contribution is 1.94. The van der Waals surface area contributed by atoms with E-state index in [2.05, 4.69) is 5.32 Å². The van der Waals surface area contributed by atoms with Crippen molar-refractivity contribution in [3.8, 4) is 0 Å². The number of amides is 1. The topological polar surface area (TPSA) is 46.2 Å². The summed E-state index contributed by atoms with van der Waals surface area (Å²) in [5.41, 5.74) is -0.441. The van der Waals surface area contributed by atoms with Crippen LogP contribution in [-0.2, 0) is 4.57 Å². The molecule has 0 aliphatic carbocycles. The van der Waals surface area contributed by atoms with Gasteiger partial charge in [-0.1, -0.05) is 13.8 Å². The third-order valence-electron chi connectivity index (χ3n) is 0.744. The molecule has 0 heterocycles. The molecule has 0 atom stereocenters. The van der Waals surface area contributed by atoms with Crippen molar-refractivity contribution in [2.75, 3.05) is 6.54 Å². The van der Waals surface area contributed by atoms with Gasteiger partial charge in [0, 0.05) is 6.54 Å². The van der Waals surface area contributed by atoms with Crippen LogP contribution in [0.1, 0.15) is 13.8 Å². The van der Waals surface area contributed by atoms with Gasteiger partial charge in [0.2, 0.25) is 0 Å². The molecule has 0 saturated carbocycles. The van der Waals surface area contributed by atoms with E-state index in [1.165, 1.54) is 0 Å². The molecule has 1 N–H and O–H groups in total. The Kier molecular flexibility index (Phi) is 4.24. The number of carbonyl (C=O) groups is 1. The van der Waals surface area contributed by atoms with Crippen molar-refractivity contribution >= 4 is 14.1 Å². The average molecular weight is 147 g/mol. The predicted octanol–water partition coefficient (Wildman–Crippen LogP) is 1.64. The van der Waals surface area contributed by atoms with Gasteiger partial charge >= 0.3 is 5.65 Å². The molecule has 4 heteroatoms. The zero-order valence-electron chi connectivity index (χ0n) is 5.55. The highest BCUT2D eigenvalue weighted by atomic mass is 31.1. The van der Waals surface area contributed by atoms with E-state index >= 15 is 0 Å². The zero-order chi connectivity index (χ0) is 7.28. The maximum atomic E-state index is 10.3. The molecule has 0 saturated heterocycles. The first kappa shape index (κ1) is 8.57. The molecule has 0 unspecified atom stereocenters. The Balaban J connectivity index is 3.27. The van der Waals surface area contributed by atoms with E-state index < -0.39 is 14.1 Å². The summed E-state index contributed by atoms with van der Waals surface area (Å²) >= 11 is 0. The molecule has 0 aromatic rings. The molecule has 0 aromatic carbocycles. The van der Waals surface area contributed by atoms with Crippen LogP contribution in [0, 0.1) is 5.92 Å². The second-order valence-corrected chi connectivity index (χ2v) is 2.76. The molecule has 0 aromatic heterocycles. The summed E-state index contributed by atoms with van der Waals surface area (Å²) < 4.78 is 9.80. The lowest BCUT2D eigenvalue weighted by molar-refractivity contribution is 0.258. The molecule has 0 aliphatic rings. The Bertz CT molecular complexity index is 114. The van der Waals surface area contributed by atoms with E-state index in [9.17, 15) is 9.36 Å². The Labute approximate surface area is 56.0 Å². The number of carbonyl (C=O) groups excluding carboxylic acids is 1. The van der Waals surface area contributed by atoms with Gasteiger partial charge in [0.25, 0.3) is 8.46 Å². The lowest BCUT2D eigenvalue weighted by Crippen LogP contribution is -2.21. The third-order valence-corrected chi connectivity index (χ3v) is 1.07. The van der Waals surface area contributed by atoms with Gasteiger partial charge in [0.05, 0.1) is 0 Å². The van der Waals surface area contributed by atoms with Crippen LogP contribution in [0.5, 0.6) is 0 Å². The normalized spacial score (nSPS) is 10.1. The average Bonchev–Trinajstić information content (AvgIpc) is 1.83. The highest BCUT2D eigenvalue weighted by molar-refractivity contribution is 7.45. The Hall–Kier alpha value is -0.430. The fourth-order valence-corrected chi connectivity index (χ4v) is 0.480. The molecule has 0 rings (SSSR count). The van der Waals surface area contributed by atoms with Crippen LogP contribution >= 0.6 is 8.46 Å². The van der Waals surface area contributed by atoms with Crippen LogP contribution in [0.25, 0.3) is 0 Å². The molecular weight excluding hydrogens is 137 g/mol. The van der Waals surface area contributed by atoms with Crippen LogP contribution in [0.15, 0.2) is 0 Å². The molecule has 3 nitrogen and oxygen atoms in total. The van der Waals surface area contributed by atoms with Crippen molar-refractivity contribution in [1.29, 1.82) is 0 Å². The van der Waals surface area contributed by atoms with E-state index in [1.807, 2.05) is 13.8 Å². The molecule has 0 radical (unpaired) electrons. The van der Waals surface area contributed by atoms with Crippen LogP contribution < -0.4 is 5.32 Å². The summed E-state index contributed by atoms with van der Waals surface area (Å²) in [6.45, 7) is 4.54. The summed E-state index contributed by atoms with van der Waals surface area (Å²) in [4.78, 5) is 10.3. The number of rotatable bonds is 3. The van der Waals surface area contributed by atoms with E-state index in [1.54, 1.807) is 0 Å². The summed E-state index contributed by atoms with van der Waals surface area (Å²) in [5.74, 6) is 0.413. The quantitative estimate of drug-likeness (QED) is 0.617. The molecular formula is C5H10NO2P. The van der Waals surface area contributed by atoms with E-state index in [-0.39, 0.29) is 0 Å². The Morgan fingerprint density at radius 2 is 2.22 bits per heavy atom. The smallest absolute Gasteiger partial charge is 0.311 e. The van der Waals surface area contributed by atoms with Crippen molar-refractivity contribution < 1.29 is 9.36 Å². The Morgan fingerprint density at radius 1 is 1.67 bits per heavy atom. The predicted molar refractivity (Wildman–Crippen MR) is 35.8 cm³/mol. The lowest BCUT2D eigenvalue weighted by Gasteiger charge is -2.01. The van der Waals surface area contributed by atoms with E-state index in [0.717, 1.165) is 0 Å². The first-order valence-corrected chi connectivity index (χ1v) is 3.59. The number of hydrogen-bond acceptors (Lipinski definition) is 2. The van der Waals surface area contributed by atoms with Crippen LogP contribution in [0.2, 0.25) is 0 Å². The van der Waals surface area contributed by atoms with Gasteiger partial charge in [-0.15, -0.1) is 0 Å². The van der Waals surface area contributed by atoms with Crippen LogP contribution in [0.4, 0.5) is 4.79 Å². The summed E-state index contributed by atoms with van der Waals surface area (Å²) in [6.07, 6.45) is 0. The fourth-order valence-electron chi connectivity index (χ4n) is 0.324. The van der Waals surface area contributed by atoms with Crippen LogP contribution in [-0.4, -0.2) is 12.2 Å². The largest absolute Gasteiger partial charge is 0.346 e. The maximum Gasteiger partial charge on any atom is 0.311 e. The summed E-state index contributed by atoms with van der Waals surface area (Å²) in [5, 5.41) is 2.47.